The molecule has 0 aromatic carbocycles. The molecular formula is C70H126N2O7P+. The summed E-state index contributed by atoms with van der Waals surface area (Å²) in [6.07, 6.45) is 79.9. The van der Waals surface area contributed by atoms with Crippen LogP contribution in [0.25, 0.3) is 0 Å². The predicted octanol–water partition coefficient (Wildman–Crippen LogP) is 20.7. The Morgan fingerprint density at radius 2 is 0.800 bits per heavy atom. The average Bonchev–Trinajstić information content (AvgIpc) is 3.42. The molecule has 0 rings (SSSR count). The Bertz CT molecular complexity index is 1690. The fraction of sp³-hybridized carbons (Fsp3) is 0.743. The number of nitrogens with zero attached hydrogens (tertiary/aromatic N) is 1. The van der Waals surface area contributed by atoms with E-state index in [4.69, 9.17) is 13.8 Å². The molecule has 0 fully saturated rings. The Hall–Kier alpha value is -3.07. The smallest absolute Gasteiger partial charge is 0.456 e. The molecule has 80 heavy (non-hydrogen) atoms. The number of rotatable bonds is 59. The number of hydrogen-bond donors (Lipinski definition) is 2. The number of allylic oxidation sites excluding steroid dienone is 15. The summed E-state index contributed by atoms with van der Waals surface area (Å²) in [5.74, 6) is -0.534. The van der Waals surface area contributed by atoms with E-state index in [1.54, 1.807) is 0 Å². The number of phosphoric ester groups is 1. The standard InChI is InChI=1S/C70H125N2O7P/c1-7-10-13-16-19-22-25-28-30-31-32-33-34-35-36-37-38-39-40-41-42-45-48-51-54-57-60-63-70(74)79-68(61-58-55-52-49-46-43-27-24-21-18-15-12-9-3)67(66-78-80(75,76)77-65-64-72(4,5)6)71-69(73)62-59-56-53-50-47-44-29-26-23-20-17-14-11-8-2/h11,14,19-20,22-23,28-30,32-33,35-36,44,58,61,67-68H,7-10,12-13,15-18,21,24-27,31,34,37-43,45-57,59-60,62-66H2,1-6H3,(H-,71,73,75,76)/p+1/b14-11+,22-19-,23-20+,30-28-,33-32-,36-35-,44-29+,61-58-. The van der Waals surface area contributed by atoms with Crippen LogP contribution in [-0.2, 0) is 27.9 Å². The number of phosphoric acid groups is 1. The molecule has 0 saturated carbocycles. The normalized spacial score (nSPS) is 14.2. The zero-order valence-electron chi connectivity index (χ0n) is 52.8. The van der Waals surface area contributed by atoms with E-state index in [1.807, 2.05) is 33.3 Å². The van der Waals surface area contributed by atoms with Crippen molar-refractivity contribution in [2.45, 2.75) is 296 Å². The van der Waals surface area contributed by atoms with Crippen molar-refractivity contribution in [1.29, 1.82) is 0 Å². The maximum Gasteiger partial charge on any atom is 0.472 e. The Morgan fingerprint density at radius 3 is 1.23 bits per heavy atom. The van der Waals surface area contributed by atoms with E-state index in [9.17, 15) is 19.0 Å². The van der Waals surface area contributed by atoms with Crippen LogP contribution in [0.5, 0.6) is 0 Å². The van der Waals surface area contributed by atoms with Gasteiger partial charge < -0.3 is 19.4 Å². The number of quaternary nitrogens is 1. The number of likely N-dealkylation sites (N-methyl/N-ethyl adjacent to an activating group) is 1. The summed E-state index contributed by atoms with van der Waals surface area (Å²) >= 11 is 0. The fourth-order valence-electron chi connectivity index (χ4n) is 9.17. The highest BCUT2D eigenvalue weighted by Gasteiger charge is 2.30. The van der Waals surface area contributed by atoms with E-state index in [0.29, 0.717) is 17.4 Å². The van der Waals surface area contributed by atoms with E-state index in [-0.39, 0.29) is 31.5 Å². The minimum atomic E-state index is -4.46. The van der Waals surface area contributed by atoms with Gasteiger partial charge >= 0.3 is 13.8 Å². The zero-order chi connectivity index (χ0) is 58.6. The second-order valence-corrected chi connectivity index (χ2v) is 24.7. The highest BCUT2D eigenvalue weighted by molar-refractivity contribution is 7.47. The summed E-state index contributed by atoms with van der Waals surface area (Å²) in [4.78, 5) is 37.8. The van der Waals surface area contributed by atoms with Gasteiger partial charge in [-0.25, -0.2) is 4.57 Å². The van der Waals surface area contributed by atoms with Gasteiger partial charge in [0, 0.05) is 12.8 Å². The molecule has 462 valence electrons. The van der Waals surface area contributed by atoms with Gasteiger partial charge in [0.2, 0.25) is 5.91 Å². The first kappa shape index (κ1) is 76.9. The van der Waals surface area contributed by atoms with Crippen molar-refractivity contribution < 1.29 is 37.3 Å². The molecule has 10 heteroatoms. The highest BCUT2D eigenvalue weighted by Crippen LogP contribution is 2.43. The first-order valence-corrected chi connectivity index (χ1v) is 34.6. The van der Waals surface area contributed by atoms with Crippen LogP contribution in [0.3, 0.4) is 0 Å². The minimum Gasteiger partial charge on any atom is -0.456 e. The summed E-state index contributed by atoms with van der Waals surface area (Å²) in [6.45, 7) is 6.86. The summed E-state index contributed by atoms with van der Waals surface area (Å²) in [7, 11) is 1.47. The molecule has 0 heterocycles. The van der Waals surface area contributed by atoms with E-state index in [2.05, 4.69) is 111 Å². The van der Waals surface area contributed by atoms with Crippen molar-refractivity contribution in [3.05, 3.63) is 97.2 Å². The largest absolute Gasteiger partial charge is 0.472 e. The molecule has 3 unspecified atom stereocenters. The van der Waals surface area contributed by atoms with Crippen molar-refractivity contribution >= 4 is 19.7 Å². The SMILES string of the molecule is CC/C=C/C/C=C/C/C=C/CCCCCCC(=O)NC(COP(=O)(O)OCC[N+](C)(C)C)C(/C=C\CCCCCCCCCCCCC)OC(=O)CCCCCCCCCCCCC/C=C\C/C=C\C/C=C\C/C=C\CCCCC. The van der Waals surface area contributed by atoms with Gasteiger partial charge in [-0.2, -0.15) is 0 Å². The molecule has 0 aliphatic rings. The number of nitrogens with one attached hydrogen (secondary N) is 1. The molecule has 0 bridgehead atoms. The van der Waals surface area contributed by atoms with Gasteiger partial charge in [0.15, 0.2) is 0 Å². The first-order chi connectivity index (χ1) is 38.9. The lowest BCUT2D eigenvalue weighted by molar-refractivity contribution is -0.870. The minimum absolute atomic E-state index is 0.0314. The molecule has 0 aromatic rings. The molecule has 0 aliphatic carbocycles. The molecule has 0 aliphatic heterocycles. The maximum absolute atomic E-state index is 13.5. The number of carbonyl (C=O) groups is 2. The fourth-order valence-corrected chi connectivity index (χ4v) is 9.91. The number of unbranched alkanes of at least 4 members (excludes halogenated alkanes) is 29. The summed E-state index contributed by atoms with van der Waals surface area (Å²) < 4.78 is 30.7. The monoisotopic (exact) mass is 1140 g/mol. The Balaban J connectivity index is 5.12. The van der Waals surface area contributed by atoms with E-state index in [0.717, 1.165) is 109 Å². The highest BCUT2D eigenvalue weighted by atomic mass is 31.2. The number of ether oxygens (including phenoxy) is 1. The Kier molecular flexibility index (Phi) is 56.8. The second-order valence-electron chi connectivity index (χ2n) is 23.3. The molecule has 9 nitrogen and oxygen atoms in total. The van der Waals surface area contributed by atoms with Crippen LogP contribution in [0.15, 0.2) is 97.2 Å². The van der Waals surface area contributed by atoms with Crippen molar-refractivity contribution in [1.82, 2.24) is 5.32 Å². The van der Waals surface area contributed by atoms with Gasteiger partial charge in [-0.05, 0) is 109 Å². The van der Waals surface area contributed by atoms with Crippen molar-refractivity contribution in [2.24, 2.45) is 0 Å². The van der Waals surface area contributed by atoms with Crippen LogP contribution in [-0.4, -0.2) is 74.3 Å². The van der Waals surface area contributed by atoms with Crippen LogP contribution < -0.4 is 5.32 Å². The Morgan fingerprint density at radius 1 is 0.450 bits per heavy atom. The van der Waals surface area contributed by atoms with Crippen LogP contribution in [0.2, 0.25) is 0 Å². The molecular weight excluding hydrogens is 1010 g/mol. The van der Waals surface area contributed by atoms with Gasteiger partial charge in [-0.1, -0.05) is 260 Å². The van der Waals surface area contributed by atoms with Gasteiger partial charge in [0.25, 0.3) is 0 Å². The molecule has 3 atom stereocenters. The third kappa shape index (κ3) is 59.5. The lowest BCUT2D eigenvalue weighted by Gasteiger charge is -2.27. The van der Waals surface area contributed by atoms with Gasteiger partial charge in [0.1, 0.15) is 19.3 Å². The predicted molar refractivity (Wildman–Crippen MR) is 346 cm³/mol. The van der Waals surface area contributed by atoms with Crippen molar-refractivity contribution in [3.63, 3.8) is 0 Å². The van der Waals surface area contributed by atoms with E-state index < -0.39 is 20.0 Å². The van der Waals surface area contributed by atoms with Crippen molar-refractivity contribution in [2.75, 3.05) is 40.9 Å². The summed E-state index contributed by atoms with van der Waals surface area (Å²) in [5.41, 5.74) is 0. The topological polar surface area (TPSA) is 111 Å². The number of amides is 1. The summed E-state index contributed by atoms with van der Waals surface area (Å²) in [6, 6.07) is -0.866. The first-order valence-electron chi connectivity index (χ1n) is 33.1. The van der Waals surface area contributed by atoms with Crippen LogP contribution in [0, 0.1) is 0 Å². The van der Waals surface area contributed by atoms with Gasteiger partial charge in [-0.15, -0.1) is 0 Å². The van der Waals surface area contributed by atoms with Gasteiger partial charge in [0.05, 0.1) is 33.8 Å². The molecule has 0 aromatic heterocycles. The van der Waals surface area contributed by atoms with Gasteiger partial charge in [-0.3, -0.25) is 18.6 Å². The molecule has 0 saturated heterocycles. The molecule has 0 radical (unpaired) electrons. The quantitative estimate of drug-likeness (QED) is 0.0205. The van der Waals surface area contributed by atoms with Crippen molar-refractivity contribution in [3.8, 4) is 0 Å². The maximum atomic E-state index is 13.5. The van der Waals surface area contributed by atoms with Crippen LogP contribution in [0.4, 0.5) is 0 Å². The molecule has 1 amide bonds. The van der Waals surface area contributed by atoms with E-state index >= 15 is 0 Å². The lowest BCUT2D eigenvalue weighted by Crippen LogP contribution is -2.47. The van der Waals surface area contributed by atoms with Crippen LogP contribution >= 0.6 is 7.82 Å². The number of carbonyl (C=O) groups excluding carboxylic acids is 2. The molecule has 2 N–H and O–H groups in total. The van der Waals surface area contributed by atoms with E-state index in [1.165, 1.54) is 141 Å². The third-order valence-electron chi connectivity index (χ3n) is 14.3. The number of hydrogen-bond acceptors (Lipinski definition) is 6. The zero-order valence-corrected chi connectivity index (χ0v) is 53.7. The second kappa shape index (κ2) is 59.1. The molecule has 0 spiro atoms. The summed E-state index contributed by atoms with van der Waals surface area (Å²) in [5, 5.41) is 3.04. The Labute approximate surface area is 494 Å². The average molecular weight is 1140 g/mol. The number of esters is 1. The van der Waals surface area contributed by atoms with Crippen LogP contribution in [0.1, 0.15) is 284 Å². The third-order valence-corrected chi connectivity index (χ3v) is 15.2. The lowest BCUT2D eigenvalue weighted by atomic mass is 10.0.